The van der Waals surface area contributed by atoms with E-state index in [1.165, 1.54) is 4.90 Å². The lowest BCUT2D eigenvalue weighted by molar-refractivity contribution is -0.144. The molecule has 4 N–H and O–H groups in total. The van der Waals surface area contributed by atoms with Gasteiger partial charge in [-0.25, -0.2) is 14.4 Å². The van der Waals surface area contributed by atoms with Crippen LogP contribution in [0.25, 0.3) is 0 Å². The summed E-state index contributed by atoms with van der Waals surface area (Å²) in [5.41, 5.74) is 0. The summed E-state index contributed by atoms with van der Waals surface area (Å²) in [5, 5.41) is 16.9. The molecule has 0 radical (unpaired) electrons. The highest BCUT2D eigenvalue weighted by atomic mass is 16.4. The molecule has 100 valence electrons. The number of hydrogen-bond acceptors (Lipinski definition) is 3. The molecule has 0 aromatic carbocycles. The van der Waals surface area contributed by atoms with Gasteiger partial charge in [0.15, 0.2) is 0 Å². The van der Waals surface area contributed by atoms with Crippen LogP contribution in [-0.4, -0.2) is 46.4 Å². The van der Waals surface area contributed by atoms with Crippen LogP contribution in [0.15, 0.2) is 0 Å². The molecule has 0 aliphatic carbocycles. The largest absolute Gasteiger partial charge is 0.480 e. The number of nitrogens with one attached hydrogen (secondary N) is 3. The van der Waals surface area contributed by atoms with Crippen LogP contribution in [-0.2, 0) is 4.79 Å². The van der Waals surface area contributed by atoms with Gasteiger partial charge in [0, 0.05) is 0 Å². The van der Waals surface area contributed by atoms with Crippen molar-refractivity contribution in [1.29, 1.82) is 0 Å². The van der Waals surface area contributed by atoms with E-state index in [9.17, 15) is 19.5 Å². The van der Waals surface area contributed by atoms with Crippen LogP contribution in [0.4, 0.5) is 9.59 Å². The zero-order chi connectivity index (χ0) is 13.4. The third-order valence-corrected chi connectivity index (χ3v) is 3.43. The first kappa shape index (κ1) is 12.5. The Bertz CT molecular complexity index is 399. The van der Waals surface area contributed by atoms with E-state index in [2.05, 4.69) is 16.0 Å². The second-order valence-electron chi connectivity index (χ2n) is 4.57. The fourth-order valence-corrected chi connectivity index (χ4v) is 2.32. The van der Waals surface area contributed by atoms with Crippen molar-refractivity contribution >= 4 is 18.0 Å². The number of urea groups is 2. The molecule has 8 nitrogen and oxygen atoms in total. The summed E-state index contributed by atoms with van der Waals surface area (Å²) in [6, 6.07) is -1.85. The fraction of sp³-hybridized carbons (Fsp3) is 0.700. The van der Waals surface area contributed by atoms with Crippen molar-refractivity contribution in [2.75, 3.05) is 0 Å². The van der Waals surface area contributed by atoms with Crippen molar-refractivity contribution < 1.29 is 19.5 Å². The number of nitrogens with zero attached hydrogens (tertiary/aromatic N) is 1. The molecular weight excluding hydrogens is 240 g/mol. The monoisotopic (exact) mass is 256 g/mol. The average Bonchev–Trinajstić information content (AvgIpc) is 2.76. The quantitative estimate of drug-likeness (QED) is 0.542. The lowest BCUT2D eigenvalue weighted by atomic mass is 9.97. The standard InChI is InChI=1S/C10H16N4O4/c1-3-4(2)5(8(15)16)14-7-6(12-10(14)18)11-9(17)13-7/h4-7H,3H2,1-2H3,(H,12,18)(H,15,16)(H2,11,13,17)/t4-,5+,6+,7-/m1/s1. The van der Waals surface area contributed by atoms with E-state index in [-0.39, 0.29) is 5.92 Å². The highest BCUT2D eigenvalue weighted by Gasteiger charge is 2.50. The molecule has 4 amide bonds. The van der Waals surface area contributed by atoms with E-state index in [1.54, 1.807) is 6.92 Å². The summed E-state index contributed by atoms with van der Waals surface area (Å²) in [4.78, 5) is 35.6. The minimum Gasteiger partial charge on any atom is -0.480 e. The number of aliphatic carboxylic acids is 1. The minimum atomic E-state index is -1.07. The normalized spacial score (nSPS) is 29.1. The fourth-order valence-electron chi connectivity index (χ4n) is 2.32. The molecule has 18 heavy (non-hydrogen) atoms. The molecule has 8 heteroatoms. The second kappa shape index (κ2) is 4.35. The maximum atomic E-state index is 11.8. The van der Waals surface area contributed by atoms with Crippen LogP contribution >= 0.6 is 0 Å². The van der Waals surface area contributed by atoms with Crippen molar-refractivity contribution in [2.45, 2.75) is 38.6 Å². The van der Waals surface area contributed by atoms with E-state index in [0.717, 1.165) is 0 Å². The second-order valence-corrected chi connectivity index (χ2v) is 4.57. The number of carboxylic acids is 1. The summed E-state index contributed by atoms with van der Waals surface area (Å²) in [7, 11) is 0. The van der Waals surface area contributed by atoms with Crippen LogP contribution in [0.1, 0.15) is 20.3 Å². The predicted molar refractivity (Wildman–Crippen MR) is 60.5 cm³/mol. The van der Waals surface area contributed by atoms with Crippen LogP contribution in [0.2, 0.25) is 0 Å². The van der Waals surface area contributed by atoms with Gasteiger partial charge >= 0.3 is 18.0 Å². The van der Waals surface area contributed by atoms with E-state index < -0.39 is 36.4 Å². The van der Waals surface area contributed by atoms with Gasteiger partial charge in [0.2, 0.25) is 0 Å². The summed E-state index contributed by atoms with van der Waals surface area (Å²) in [5.74, 6) is -1.27. The molecule has 0 unspecified atom stereocenters. The van der Waals surface area contributed by atoms with Gasteiger partial charge in [-0.3, -0.25) is 4.90 Å². The first-order chi connectivity index (χ1) is 8.45. The summed E-state index contributed by atoms with van der Waals surface area (Å²) in [6.07, 6.45) is -0.601. The van der Waals surface area contributed by atoms with Crippen LogP contribution in [0.5, 0.6) is 0 Å². The SMILES string of the molecule is CC[C@@H](C)[C@@H](C(=O)O)N1C(=O)N[C@@H]2NC(=O)N[C@@H]21. The maximum Gasteiger partial charge on any atom is 0.326 e. The molecule has 2 aliphatic heterocycles. The third-order valence-electron chi connectivity index (χ3n) is 3.43. The van der Waals surface area contributed by atoms with Gasteiger partial charge in [-0.1, -0.05) is 20.3 Å². The number of hydrogen-bond donors (Lipinski definition) is 4. The average molecular weight is 256 g/mol. The maximum absolute atomic E-state index is 11.8. The van der Waals surface area contributed by atoms with Crippen molar-refractivity contribution in [2.24, 2.45) is 5.92 Å². The van der Waals surface area contributed by atoms with Gasteiger partial charge in [-0.05, 0) is 5.92 Å². The van der Waals surface area contributed by atoms with Crippen molar-refractivity contribution in [1.82, 2.24) is 20.9 Å². The molecule has 2 saturated heterocycles. The number of carbonyl (C=O) groups excluding carboxylic acids is 2. The van der Waals surface area contributed by atoms with Gasteiger partial charge in [-0.15, -0.1) is 0 Å². The number of carbonyl (C=O) groups is 3. The predicted octanol–water partition coefficient (Wildman–Crippen LogP) is -0.524. The molecule has 0 saturated carbocycles. The lowest BCUT2D eigenvalue weighted by Crippen LogP contribution is -2.54. The van der Waals surface area contributed by atoms with E-state index >= 15 is 0 Å². The third kappa shape index (κ3) is 1.83. The molecule has 0 bridgehead atoms. The number of amides is 4. The van der Waals surface area contributed by atoms with Crippen LogP contribution in [0, 0.1) is 5.92 Å². The molecule has 2 rings (SSSR count). The van der Waals surface area contributed by atoms with Gasteiger partial charge in [0.25, 0.3) is 0 Å². The molecule has 2 fully saturated rings. The van der Waals surface area contributed by atoms with Crippen LogP contribution in [0.3, 0.4) is 0 Å². The molecule has 2 aliphatic rings. The molecule has 2 heterocycles. The molecule has 0 spiro atoms. The highest BCUT2D eigenvalue weighted by Crippen LogP contribution is 2.23. The number of fused-ring (bicyclic) bond motifs is 1. The molecular formula is C10H16N4O4. The first-order valence-electron chi connectivity index (χ1n) is 5.84. The zero-order valence-corrected chi connectivity index (χ0v) is 10.1. The smallest absolute Gasteiger partial charge is 0.326 e. The molecule has 0 aromatic rings. The van der Waals surface area contributed by atoms with E-state index in [0.29, 0.717) is 6.42 Å². The van der Waals surface area contributed by atoms with Gasteiger partial charge in [0.1, 0.15) is 18.4 Å². The first-order valence-corrected chi connectivity index (χ1v) is 5.84. The topological polar surface area (TPSA) is 111 Å². The minimum absolute atomic E-state index is 0.204. The van der Waals surface area contributed by atoms with E-state index in [4.69, 9.17) is 0 Å². The Balaban J connectivity index is 2.26. The number of rotatable bonds is 4. The van der Waals surface area contributed by atoms with Crippen molar-refractivity contribution in [3.63, 3.8) is 0 Å². The summed E-state index contributed by atoms with van der Waals surface area (Å²) < 4.78 is 0. The molecule has 4 atom stereocenters. The van der Waals surface area contributed by atoms with Gasteiger partial charge < -0.3 is 21.1 Å². The summed E-state index contributed by atoms with van der Waals surface area (Å²) in [6.45, 7) is 3.63. The Morgan fingerprint density at radius 1 is 1.39 bits per heavy atom. The number of carboxylic acid groups (broad SMARTS) is 1. The van der Waals surface area contributed by atoms with Gasteiger partial charge in [-0.2, -0.15) is 0 Å². The Morgan fingerprint density at radius 2 is 2.06 bits per heavy atom. The Kier molecular flexibility index (Phi) is 3.02. The summed E-state index contributed by atoms with van der Waals surface area (Å²) >= 11 is 0. The Labute approximate surface area is 104 Å². The van der Waals surface area contributed by atoms with Crippen molar-refractivity contribution in [3.8, 4) is 0 Å². The molecule has 0 aromatic heterocycles. The lowest BCUT2D eigenvalue weighted by Gasteiger charge is -2.31. The van der Waals surface area contributed by atoms with Gasteiger partial charge in [0.05, 0.1) is 0 Å². The Morgan fingerprint density at radius 3 is 2.61 bits per heavy atom. The van der Waals surface area contributed by atoms with Crippen LogP contribution < -0.4 is 16.0 Å². The Hall–Kier alpha value is -1.99. The zero-order valence-electron chi connectivity index (χ0n) is 10.1. The van der Waals surface area contributed by atoms with E-state index in [1.807, 2.05) is 6.92 Å². The van der Waals surface area contributed by atoms with Crippen molar-refractivity contribution in [3.05, 3.63) is 0 Å². The highest BCUT2D eigenvalue weighted by molar-refractivity contribution is 5.88.